The third-order valence-electron chi connectivity index (χ3n) is 5.31. The molecule has 0 unspecified atom stereocenters. The first kappa shape index (κ1) is 19.8. The topological polar surface area (TPSA) is 66.2 Å². The van der Waals surface area contributed by atoms with E-state index < -0.39 is 0 Å². The minimum Gasteiger partial charge on any atom is -0.466 e. The van der Waals surface area contributed by atoms with Crippen molar-refractivity contribution >= 4 is 11.8 Å². The van der Waals surface area contributed by atoms with E-state index in [9.17, 15) is 14.4 Å². The second-order valence-electron chi connectivity index (χ2n) is 6.98. The van der Waals surface area contributed by atoms with Crippen molar-refractivity contribution in [3.05, 3.63) is 59.5 Å². The van der Waals surface area contributed by atoms with Gasteiger partial charge in [0, 0.05) is 19.3 Å². The molecule has 1 fully saturated rings. The van der Waals surface area contributed by atoms with Crippen molar-refractivity contribution in [3.63, 3.8) is 0 Å². The fourth-order valence-electron chi connectivity index (χ4n) is 3.92. The standard InChI is InChI=1S/C22H24FN3O2/c1-2-28-21(27)14-20(16-5-7-19(23)8-6-16)17-9-12-26(13-10-17)22-18(15-24)4-3-11-25-22/h3-8,11,17,20H,2,9-10,12-14H2,1H3/t20-/m0/s1. The molecule has 2 heterocycles. The molecule has 5 nitrogen and oxygen atoms in total. The van der Waals surface area contributed by atoms with Crippen molar-refractivity contribution in [2.75, 3.05) is 24.6 Å². The molecule has 1 saturated heterocycles. The SMILES string of the molecule is CCOC(=O)C[C@@H](c1ccc(F)cc1)C1CCN(c2ncccc2C#N)CC1. The fraction of sp³-hybridized carbons (Fsp3) is 0.409. The molecule has 0 saturated carbocycles. The first-order chi connectivity index (χ1) is 13.6. The van der Waals surface area contributed by atoms with Gasteiger partial charge in [0.05, 0.1) is 18.6 Å². The molecular formula is C22H24FN3O2. The summed E-state index contributed by atoms with van der Waals surface area (Å²) in [6, 6.07) is 12.1. The summed E-state index contributed by atoms with van der Waals surface area (Å²) in [5.41, 5.74) is 1.53. The van der Waals surface area contributed by atoms with Gasteiger partial charge in [0.25, 0.3) is 0 Å². The number of carbonyl (C=O) groups is 1. The fourth-order valence-corrected chi connectivity index (χ4v) is 3.92. The Bertz CT molecular complexity index is 840. The van der Waals surface area contributed by atoms with Crippen molar-refractivity contribution in [2.24, 2.45) is 5.92 Å². The molecule has 1 aromatic carbocycles. The zero-order valence-electron chi connectivity index (χ0n) is 16.0. The van der Waals surface area contributed by atoms with E-state index in [1.807, 2.05) is 0 Å². The van der Waals surface area contributed by atoms with Gasteiger partial charge in [0.1, 0.15) is 17.7 Å². The Morgan fingerprint density at radius 3 is 2.68 bits per heavy atom. The van der Waals surface area contributed by atoms with E-state index in [1.54, 1.807) is 37.4 Å². The molecule has 0 bridgehead atoms. The number of pyridine rings is 1. The number of hydrogen-bond acceptors (Lipinski definition) is 5. The average Bonchev–Trinajstić information content (AvgIpc) is 2.73. The number of aromatic nitrogens is 1. The molecule has 1 aromatic heterocycles. The second-order valence-corrected chi connectivity index (χ2v) is 6.98. The lowest BCUT2D eigenvalue weighted by atomic mass is 9.78. The Hall–Kier alpha value is -2.94. The number of hydrogen-bond donors (Lipinski definition) is 0. The quantitative estimate of drug-likeness (QED) is 0.707. The Labute approximate surface area is 164 Å². The Morgan fingerprint density at radius 2 is 2.04 bits per heavy atom. The van der Waals surface area contributed by atoms with Crippen molar-refractivity contribution in [1.29, 1.82) is 5.26 Å². The van der Waals surface area contributed by atoms with Gasteiger partial charge in [-0.05, 0) is 61.4 Å². The predicted octanol–water partition coefficient (Wildman–Crippen LogP) is 4.05. The van der Waals surface area contributed by atoms with E-state index in [2.05, 4.69) is 16.0 Å². The zero-order chi connectivity index (χ0) is 19.9. The Morgan fingerprint density at radius 1 is 1.32 bits per heavy atom. The third kappa shape index (κ3) is 4.66. The van der Waals surface area contributed by atoms with Crippen LogP contribution in [0.1, 0.15) is 43.2 Å². The largest absolute Gasteiger partial charge is 0.466 e. The van der Waals surface area contributed by atoms with Crippen LogP contribution in [0.4, 0.5) is 10.2 Å². The molecule has 0 radical (unpaired) electrons. The molecule has 1 aliphatic heterocycles. The molecule has 3 rings (SSSR count). The van der Waals surface area contributed by atoms with Crippen molar-refractivity contribution in [1.82, 2.24) is 4.98 Å². The smallest absolute Gasteiger partial charge is 0.306 e. The van der Waals surface area contributed by atoms with Gasteiger partial charge in [0.2, 0.25) is 0 Å². The molecule has 1 aliphatic rings. The first-order valence-corrected chi connectivity index (χ1v) is 9.63. The van der Waals surface area contributed by atoms with E-state index in [0.717, 1.165) is 31.5 Å². The lowest BCUT2D eigenvalue weighted by molar-refractivity contribution is -0.143. The number of rotatable bonds is 6. The predicted molar refractivity (Wildman–Crippen MR) is 104 cm³/mol. The summed E-state index contributed by atoms with van der Waals surface area (Å²) in [6.45, 7) is 3.67. The number of anilines is 1. The number of piperidine rings is 1. The molecule has 28 heavy (non-hydrogen) atoms. The first-order valence-electron chi connectivity index (χ1n) is 9.63. The summed E-state index contributed by atoms with van der Waals surface area (Å²) >= 11 is 0. The highest BCUT2D eigenvalue weighted by Crippen LogP contribution is 2.37. The van der Waals surface area contributed by atoms with Crippen LogP contribution in [0.25, 0.3) is 0 Å². The van der Waals surface area contributed by atoms with Crippen molar-refractivity contribution < 1.29 is 13.9 Å². The van der Waals surface area contributed by atoms with Crippen LogP contribution in [-0.4, -0.2) is 30.6 Å². The van der Waals surface area contributed by atoms with Crippen LogP contribution in [0.2, 0.25) is 0 Å². The van der Waals surface area contributed by atoms with Gasteiger partial charge in [-0.3, -0.25) is 4.79 Å². The normalized spacial score (nSPS) is 15.7. The summed E-state index contributed by atoms with van der Waals surface area (Å²) < 4.78 is 18.5. The van der Waals surface area contributed by atoms with Crippen LogP contribution in [0.15, 0.2) is 42.6 Å². The van der Waals surface area contributed by atoms with Crippen molar-refractivity contribution in [2.45, 2.75) is 32.1 Å². The molecule has 146 valence electrons. The van der Waals surface area contributed by atoms with Crippen LogP contribution in [0, 0.1) is 23.1 Å². The van der Waals surface area contributed by atoms with Crippen LogP contribution in [0.3, 0.4) is 0 Å². The van der Waals surface area contributed by atoms with Gasteiger partial charge in [-0.15, -0.1) is 0 Å². The number of benzene rings is 1. The zero-order valence-corrected chi connectivity index (χ0v) is 16.0. The lowest BCUT2D eigenvalue weighted by Gasteiger charge is -2.37. The summed E-state index contributed by atoms with van der Waals surface area (Å²) in [4.78, 5) is 18.7. The molecule has 0 aliphatic carbocycles. The van der Waals surface area contributed by atoms with Crippen LogP contribution in [0.5, 0.6) is 0 Å². The van der Waals surface area contributed by atoms with Gasteiger partial charge in [-0.2, -0.15) is 5.26 Å². The summed E-state index contributed by atoms with van der Waals surface area (Å²) in [5, 5.41) is 9.31. The molecule has 0 N–H and O–H groups in total. The number of ether oxygens (including phenoxy) is 1. The Kier molecular flexibility index (Phi) is 6.59. The maximum atomic E-state index is 13.4. The van der Waals surface area contributed by atoms with Crippen molar-refractivity contribution in [3.8, 4) is 6.07 Å². The Balaban J connectivity index is 1.74. The van der Waals surface area contributed by atoms with Gasteiger partial charge < -0.3 is 9.64 Å². The molecule has 1 atom stereocenters. The maximum Gasteiger partial charge on any atom is 0.306 e. The minimum absolute atomic E-state index is 0.0130. The van der Waals surface area contributed by atoms with E-state index in [1.165, 1.54) is 12.1 Å². The number of carbonyl (C=O) groups excluding carboxylic acids is 1. The number of nitriles is 1. The van der Waals surface area contributed by atoms with Crippen LogP contribution in [-0.2, 0) is 9.53 Å². The van der Waals surface area contributed by atoms with E-state index in [0.29, 0.717) is 18.0 Å². The van der Waals surface area contributed by atoms with E-state index >= 15 is 0 Å². The van der Waals surface area contributed by atoms with Gasteiger partial charge in [0.15, 0.2) is 0 Å². The molecular weight excluding hydrogens is 357 g/mol. The monoisotopic (exact) mass is 381 g/mol. The third-order valence-corrected chi connectivity index (χ3v) is 5.31. The highest BCUT2D eigenvalue weighted by atomic mass is 19.1. The van der Waals surface area contributed by atoms with Gasteiger partial charge >= 0.3 is 5.97 Å². The molecule has 0 spiro atoms. The summed E-state index contributed by atoms with van der Waals surface area (Å²) in [5.74, 6) is 0.469. The average molecular weight is 381 g/mol. The van der Waals surface area contributed by atoms with E-state index in [-0.39, 0.29) is 30.0 Å². The molecule has 2 aromatic rings. The lowest BCUT2D eigenvalue weighted by Crippen LogP contribution is -2.37. The number of nitrogens with zero attached hydrogens (tertiary/aromatic N) is 3. The maximum absolute atomic E-state index is 13.4. The number of esters is 1. The second kappa shape index (κ2) is 9.32. The highest BCUT2D eigenvalue weighted by Gasteiger charge is 2.30. The highest BCUT2D eigenvalue weighted by molar-refractivity contribution is 5.70. The van der Waals surface area contributed by atoms with E-state index in [4.69, 9.17) is 4.74 Å². The summed E-state index contributed by atoms with van der Waals surface area (Å²) in [6.07, 6.45) is 3.72. The van der Waals surface area contributed by atoms with Gasteiger partial charge in [-0.25, -0.2) is 9.37 Å². The molecule has 0 amide bonds. The molecule has 6 heteroatoms. The summed E-state index contributed by atoms with van der Waals surface area (Å²) in [7, 11) is 0. The minimum atomic E-state index is -0.285. The number of halogens is 1. The van der Waals surface area contributed by atoms with Crippen LogP contribution >= 0.6 is 0 Å². The van der Waals surface area contributed by atoms with Gasteiger partial charge in [-0.1, -0.05) is 12.1 Å². The van der Waals surface area contributed by atoms with Crippen LogP contribution < -0.4 is 4.90 Å².